The van der Waals surface area contributed by atoms with E-state index in [0.717, 1.165) is 5.82 Å². The average molecular weight is 360 g/mol. The Balaban J connectivity index is 1.54. The Hall–Kier alpha value is -2.93. The number of rotatable bonds is 6. The molecule has 0 spiro atoms. The number of nitrogens with one attached hydrogen (secondary N) is 2. The van der Waals surface area contributed by atoms with Crippen LogP contribution >= 0.6 is 11.6 Å². The third-order valence-electron chi connectivity index (χ3n) is 3.43. The molecule has 0 radical (unpaired) electrons. The van der Waals surface area contributed by atoms with Crippen molar-refractivity contribution in [2.75, 3.05) is 18.4 Å². The molecule has 1 aromatic carbocycles. The summed E-state index contributed by atoms with van der Waals surface area (Å²) in [6, 6.07) is 9.71. The number of halogens is 2. The van der Waals surface area contributed by atoms with Gasteiger partial charge in [0.1, 0.15) is 23.8 Å². The first-order valence-electron chi connectivity index (χ1n) is 7.56. The quantitative estimate of drug-likeness (QED) is 0.664. The van der Waals surface area contributed by atoms with Crippen molar-refractivity contribution in [2.45, 2.75) is 0 Å². The topological polar surface area (TPSA) is 71.8 Å². The molecule has 0 fully saturated rings. The summed E-state index contributed by atoms with van der Waals surface area (Å²) in [7, 11) is 0. The molecule has 1 amide bonds. The van der Waals surface area contributed by atoms with Crippen LogP contribution in [0.2, 0.25) is 5.02 Å². The number of benzene rings is 1. The molecule has 2 heterocycles. The van der Waals surface area contributed by atoms with E-state index in [-0.39, 0.29) is 17.1 Å². The molecular weight excluding hydrogens is 345 g/mol. The molecule has 0 aliphatic heterocycles. The van der Waals surface area contributed by atoms with Crippen molar-refractivity contribution < 1.29 is 9.18 Å². The van der Waals surface area contributed by atoms with Gasteiger partial charge in [0.2, 0.25) is 0 Å². The number of nitrogens with zero attached hydrogens (tertiary/aromatic N) is 3. The van der Waals surface area contributed by atoms with Gasteiger partial charge in [0, 0.05) is 31.5 Å². The fourth-order valence-corrected chi connectivity index (χ4v) is 2.49. The van der Waals surface area contributed by atoms with Gasteiger partial charge in [-0.2, -0.15) is 0 Å². The fraction of sp³-hybridized carbons (Fsp3) is 0.118. The Morgan fingerprint density at radius 2 is 1.96 bits per heavy atom. The number of anilines is 1. The summed E-state index contributed by atoms with van der Waals surface area (Å²) in [5.41, 5.74) is -0.152. The average Bonchev–Trinajstić information content (AvgIpc) is 3.13. The molecular formula is C17H15ClFN5O. The van der Waals surface area contributed by atoms with Gasteiger partial charge in [0.25, 0.3) is 5.91 Å². The maximum absolute atomic E-state index is 13.7. The number of hydrogen-bond acceptors (Lipinski definition) is 4. The lowest BCUT2D eigenvalue weighted by Crippen LogP contribution is -2.29. The van der Waals surface area contributed by atoms with E-state index < -0.39 is 11.7 Å². The first-order valence-corrected chi connectivity index (χ1v) is 7.94. The predicted octanol–water partition coefficient (Wildman–Crippen LogP) is 2.90. The summed E-state index contributed by atoms with van der Waals surface area (Å²) in [5.74, 6) is 0.146. The second kappa shape index (κ2) is 7.76. The Kier molecular flexibility index (Phi) is 5.25. The standard InChI is InChI=1S/C17H15ClFN5O/c18-12-4-3-5-13(19)16(12)17(25)21-7-6-20-14-10-15(23-11-22-14)24-8-1-2-9-24/h1-5,8-11H,6-7H2,(H,21,25)(H,20,22,23). The van der Waals surface area contributed by atoms with Crippen LogP contribution in [0.3, 0.4) is 0 Å². The molecule has 0 saturated carbocycles. The molecule has 3 aromatic rings. The van der Waals surface area contributed by atoms with Gasteiger partial charge in [-0.25, -0.2) is 14.4 Å². The van der Waals surface area contributed by atoms with Crippen LogP contribution in [-0.2, 0) is 0 Å². The van der Waals surface area contributed by atoms with Gasteiger partial charge < -0.3 is 15.2 Å². The van der Waals surface area contributed by atoms with E-state index in [4.69, 9.17) is 11.6 Å². The highest BCUT2D eigenvalue weighted by atomic mass is 35.5. The zero-order valence-corrected chi connectivity index (χ0v) is 13.9. The van der Waals surface area contributed by atoms with Gasteiger partial charge in [-0.05, 0) is 24.3 Å². The van der Waals surface area contributed by atoms with E-state index >= 15 is 0 Å². The summed E-state index contributed by atoms with van der Waals surface area (Å²) in [6.45, 7) is 0.701. The molecule has 2 N–H and O–H groups in total. The van der Waals surface area contributed by atoms with E-state index in [1.807, 2.05) is 29.1 Å². The van der Waals surface area contributed by atoms with E-state index in [1.54, 1.807) is 6.07 Å². The normalized spacial score (nSPS) is 10.5. The van der Waals surface area contributed by atoms with Gasteiger partial charge >= 0.3 is 0 Å². The number of amides is 1. The first-order chi connectivity index (χ1) is 12.1. The van der Waals surface area contributed by atoms with Crippen LogP contribution in [0.1, 0.15) is 10.4 Å². The number of carbonyl (C=O) groups is 1. The molecule has 6 nitrogen and oxygen atoms in total. The minimum atomic E-state index is -0.648. The molecule has 0 aliphatic rings. The Labute approximate surface area is 148 Å². The summed E-state index contributed by atoms with van der Waals surface area (Å²) < 4.78 is 15.5. The van der Waals surface area contributed by atoms with Gasteiger partial charge in [0.05, 0.1) is 10.6 Å². The first kappa shape index (κ1) is 16.9. The highest BCUT2D eigenvalue weighted by Crippen LogP contribution is 2.18. The van der Waals surface area contributed by atoms with Crippen LogP contribution in [0.25, 0.3) is 5.82 Å². The monoisotopic (exact) mass is 359 g/mol. The highest BCUT2D eigenvalue weighted by molar-refractivity contribution is 6.33. The second-order valence-corrected chi connectivity index (χ2v) is 5.54. The minimum absolute atomic E-state index is 0.0811. The SMILES string of the molecule is O=C(NCCNc1cc(-n2cccc2)ncn1)c1c(F)cccc1Cl. The van der Waals surface area contributed by atoms with Gasteiger partial charge in [-0.15, -0.1) is 0 Å². The lowest BCUT2D eigenvalue weighted by atomic mass is 10.2. The number of hydrogen-bond donors (Lipinski definition) is 2. The molecule has 0 bridgehead atoms. The van der Waals surface area contributed by atoms with Crippen LogP contribution in [0.5, 0.6) is 0 Å². The van der Waals surface area contributed by atoms with Gasteiger partial charge in [-0.3, -0.25) is 4.79 Å². The van der Waals surface area contributed by atoms with Crippen LogP contribution in [0.4, 0.5) is 10.2 Å². The fourth-order valence-electron chi connectivity index (χ4n) is 2.24. The van der Waals surface area contributed by atoms with Crippen molar-refractivity contribution in [3.05, 3.63) is 71.5 Å². The van der Waals surface area contributed by atoms with Crippen molar-refractivity contribution >= 4 is 23.3 Å². The lowest BCUT2D eigenvalue weighted by molar-refractivity contribution is 0.0951. The van der Waals surface area contributed by atoms with Gasteiger partial charge in [-0.1, -0.05) is 17.7 Å². The van der Waals surface area contributed by atoms with E-state index in [1.165, 1.54) is 24.5 Å². The zero-order valence-electron chi connectivity index (χ0n) is 13.1. The highest BCUT2D eigenvalue weighted by Gasteiger charge is 2.14. The Morgan fingerprint density at radius 1 is 1.16 bits per heavy atom. The van der Waals surface area contributed by atoms with E-state index in [2.05, 4.69) is 20.6 Å². The molecule has 0 saturated heterocycles. The maximum atomic E-state index is 13.7. The van der Waals surface area contributed by atoms with Crippen molar-refractivity contribution in [3.63, 3.8) is 0 Å². The summed E-state index contributed by atoms with van der Waals surface area (Å²) >= 11 is 5.86. The van der Waals surface area contributed by atoms with E-state index in [9.17, 15) is 9.18 Å². The number of aromatic nitrogens is 3. The molecule has 128 valence electrons. The summed E-state index contributed by atoms with van der Waals surface area (Å²) in [6.07, 6.45) is 5.21. The summed E-state index contributed by atoms with van der Waals surface area (Å²) in [4.78, 5) is 20.3. The lowest BCUT2D eigenvalue weighted by Gasteiger charge is -2.10. The molecule has 8 heteroatoms. The smallest absolute Gasteiger partial charge is 0.255 e. The minimum Gasteiger partial charge on any atom is -0.368 e. The third-order valence-corrected chi connectivity index (χ3v) is 3.74. The Morgan fingerprint density at radius 3 is 2.72 bits per heavy atom. The third kappa shape index (κ3) is 4.13. The molecule has 2 aromatic heterocycles. The van der Waals surface area contributed by atoms with Crippen LogP contribution < -0.4 is 10.6 Å². The van der Waals surface area contributed by atoms with Crippen LogP contribution in [-0.4, -0.2) is 33.5 Å². The van der Waals surface area contributed by atoms with E-state index in [0.29, 0.717) is 12.4 Å². The van der Waals surface area contributed by atoms with Crippen molar-refractivity contribution in [1.29, 1.82) is 0 Å². The Bertz CT molecular complexity index is 849. The predicted molar refractivity (Wildman–Crippen MR) is 93.6 cm³/mol. The van der Waals surface area contributed by atoms with Gasteiger partial charge in [0.15, 0.2) is 0 Å². The number of carbonyl (C=O) groups excluding carboxylic acids is 1. The molecule has 25 heavy (non-hydrogen) atoms. The zero-order chi connectivity index (χ0) is 17.6. The van der Waals surface area contributed by atoms with Crippen molar-refractivity contribution in [1.82, 2.24) is 19.9 Å². The molecule has 3 rings (SSSR count). The van der Waals surface area contributed by atoms with Crippen LogP contribution in [0, 0.1) is 5.82 Å². The van der Waals surface area contributed by atoms with Crippen LogP contribution in [0.15, 0.2) is 55.1 Å². The largest absolute Gasteiger partial charge is 0.368 e. The maximum Gasteiger partial charge on any atom is 0.255 e. The van der Waals surface area contributed by atoms with Crippen molar-refractivity contribution in [3.8, 4) is 5.82 Å². The molecule has 0 atom stereocenters. The molecule has 0 unspecified atom stereocenters. The second-order valence-electron chi connectivity index (χ2n) is 5.13. The molecule has 0 aliphatic carbocycles. The summed E-state index contributed by atoms with van der Waals surface area (Å²) in [5, 5.41) is 5.78. The van der Waals surface area contributed by atoms with Crippen molar-refractivity contribution in [2.24, 2.45) is 0 Å².